The molecule has 2 saturated carbocycles. The third-order valence-corrected chi connectivity index (χ3v) is 7.15. The van der Waals surface area contributed by atoms with Gasteiger partial charge in [0, 0.05) is 25.6 Å². The van der Waals surface area contributed by atoms with Gasteiger partial charge < -0.3 is 11.1 Å². The van der Waals surface area contributed by atoms with E-state index in [2.05, 4.69) is 16.3 Å². The van der Waals surface area contributed by atoms with Gasteiger partial charge in [0.25, 0.3) is 0 Å². The summed E-state index contributed by atoms with van der Waals surface area (Å²) in [6, 6.07) is 2.56. The van der Waals surface area contributed by atoms with Gasteiger partial charge >= 0.3 is 0 Å². The van der Waals surface area contributed by atoms with Crippen LogP contribution in [0.5, 0.6) is 0 Å². The molecular formula is C22H35N4O2. The standard InChI is InChI=1S/C22H35N4O2/c23-16-22(25-20(27)11-10-17-6-2-1-3-7-17)12-14-26(15-13-22)19-9-5-4-8-18(19)21(24)28/h11,17-19H,1-10,12-15H2,(H2,24,28)(H,25,27). The molecule has 1 radical (unpaired) electrons. The molecule has 2 aliphatic carbocycles. The van der Waals surface area contributed by atoms with E-state index >= 15 is 0 Å². The Morgan fingerprint density at radius 3 is 2.36 bits per heavy atom. The van der Waals surface area contributed by atoms with Crippen LogP contribution in [0.3, 0.4) is 0 Å². The Kier molecular flexibility index (Phi) is 7.34. The van der Waals surface area contributed by atoms with Crippen molar-refractivity contribution in [3.63, 3.8) is 0 Å². The molecule has 0 aromatic heterocycles. The van der Waals surface area contributed by atoms with Gasteiger partial charge in [-0.1, -0.05) is 44.9 Å². The molecule has 3 fully saturated rings. The van der Waals surface area contributed by atoms with Crippen molar-refractivity contribution in [1.29, 1.82) is 5.26 Å². The maximum atomic E-state index is 12.5. The van der Waals surface area contributed by atoms with Gasteiger partial charge in [0.1, 0.15) is 5.54 Å². The van der Waals surface area contributed by atoms with Crippen molar-refractivity contribution in [3.05, 3.63) is 6.42 Å². The molecule has 3 aliphatic rings. The molecule has 0 aromatic carbocycles. The third kappa shape index (κ3) is 5.26. The number of piperidine rings is 1. The van der Waals surface area contributed by atoms with Crippen molar-refractivity contribution in [1.82, 2.24) is 10.2 Å². The summed E-state index contributed by atoms with van der Waals surface area (Å²) in [5.41, 5.74) is 4.84. The minimum Gasteiger partial charge on any atom is -0.369 e. The Bertz CT molecular complexity index is 586. The van der Waals surface area contributed by atoms with Crippen molar-refractivity contribution in [2.75, 3.05) is 13.1 Å². The van der Waals surface area contributed by atoms with Crippen LogP contribution in [0.1, 0.15) is 77.0 Å². The predicted molar refractivity (Wildman–Crippen MR) is 108 cm³/mol. The molecule has 1 heterocycles. The Labute approximate surface area is 169 Å². The van der Waals surface area contributed by atoms with Crippen molar-refractivity contribution in [2.24, 2.45) is 17.6 Å². The van der Waals surface area contributed by atoms with Crippen LogP contribution in [0.2, 0.25) is 0 Å². The van der Waals surface area contributed by atoms with Gasteiger partial charge in [0.2, 0.25) is 11.8 Å². The second-order valence-corrected chi connectivity index (χ2v) is 9.02. The Morgan fingerprint density at radius 2 is 1.71 bits per heavy atom. The van der Waals surface area contributed by atoms with Crippen LogP contribution >= 0.6 is 0 Å². The van der Waals surface area contributed by atoms with Crippen LogP contribution in [0.4, 0.5) is 0 Å². The number of amides is 2. The van der Waals surface area contributed by atoms with Gasteiger partial charge in [-0.3, -0.25) is 14.5 Å². The first kappa shape index (κ1) is 21.1. The van der Waals surface area contributed by atoms with E-state index in [1.54, 1.807) is 6.42 Å². The van der Waals surface area contributed by atoms with Gasteiger partial charge in [0.05, 0.1) is 12.0 Å². The first-order chi connectivity index (χ1) is 13.5. The lowest BCUT2D eigenvalue weighted by molar-refractivity contribution is -0.125. The molecule has 6 heteroatoms. The molecule has 28 heavy (non-hydrogen) atoms. The number of nitrogens with zero attached hydrogens (tertiary/aromatic N) is 2. The van der Waals surface area contributed by atoms with Crippen molar-refractivity contribution in [2.45, 2.75) is 88.6 Å². The highest BCUT2D eigenvalue weighted by Crippen LogP contribution is 2.33. The number of nitriles is 1. The predicted octanol–water partition coefficient (Wildman–Crippen LogP) is 2.68. The zero-order valence-electron chi connectivity index (χ0n) is 17.0. The Morgan fingerprint density at radius 1 is 1.07 bits per heavy atom. The van der Waals surface area contributed by atoms with E-state index in [0.29, 0.717) is 18.8 Å². The zero-order chi connectivity index (χ0) is 20.0. The van der Waals surface area contributed by atoms with E-state index in [1.165, 1.54) is 32.1 Å². The van der Waals surface area contributed by atoms with Crippen molar-refractivity contribution < 1.29 is 9.59 Å². The number of carbonyl (C=O) groups excluding carboxylic acids is 2. The number of carbonyl (C=O) groups is 2. The topological polar surface area (TPSA) is 99.2 Å². The van der Waals surface area contributed by atoms with Gasteiger partial charge in [-0.05, 0) is 38.0 Å². The van der Waals surface area contributed by atoms with E-state index in [1.807, 2.05) is 0 Å². The number of hydrogen-bond acceptors (Lipinski definition) is 4. The fraction of sp³-hybridized carbons (Fsp3) is 0.818. The van der Waals surface area contributed by atoms with Crippen molar-refractivity contribution in [3.8, 4) is 6.07 Å². The molecule has 1 aliphatic heterocycles. The molecule has 0 spiro atoms. The Balaban J connectivity index is 1.49. The fourth-order valence-corrected chi connectivity index (χ4v) is 5.37. The summed E-state index contributed by atoms with van der Waals surface area (Å²) >= 11 is 0. The summed E-state index contributed by atoms with van der Waals surface area (Å²) in [5, 5.41) is 12.8. The van der Waals surface area contributed by atoms with E-state index in [4.69, 9.17) is 5.73 Å². The van der Waals surface area contributed by atoms with Gasteiger partial charge in [-0.25, -0.2) is 0 Å². The van der Waals surface area contributed by atoms with Gasteiger partial charge in [-0.15, -0.1) is 0 Å². The highest BCUT2D eigenvalue weighted by atomic mass is 16.2. The van der Waals surface area contributed by atoms with Crippen LogP contribution < -0.4 is 11.1 Å². The van der Waals surface area contributed by atoms with E-state index < -0.39 is 5.54 Å². The molecule has 0 bridgehead atoms. The van der Waals surface area contributed by atoms with E-state index in [0.717, 1.165) is 45.2 Å². The molecular weight excluding hydrogens is 352 g/mol. The SMILES string of the molecule is N#CC1(NC(=O)[CH]CC2CCCCC2)CCN(C2CCCCC2C(N)=O)CC1. The number of rotatable bonds is 6. The maximum Gasteiger partial charge on any atom is 0.225 e. The average molecular weight is 388 g/mol. The fourth-order valence-electron chi connectivity index (χ4n) is 5.37. The average Bonchev–Trinajstić information content (AvgIpc) is 2.73. The smallest absolute Gasteiger partial charge is 0.225 e. The zero-order valence-corrected chi connectivity index (χ0v) is 17.0. The Hall–Kier alpha value is -1.61. The summed E-state index contributed by atoms with van der Waals surface area (Å²) in [6.45, 7) is 1.45. The van der Waals surface area contributed by atoms with Crippen LogP contribution in [0, 0.1) is 29.6 Å². The summed E-state index contributed by atoms with van der Waals surface area (Å²) in [6.07, 6.45) is 14.1. The molecule has 155 valence electrons. The first-order valence-corrected chi connectivity index (χ1v) is 11.1. The van der Waals surface area contributed by atoms with Crippen LogP contribution in [-0.4, -0.2) is 41.4 Å². The molecule has 2 atom stereocenters. The van der Waals surface area contributed by atoms with Crippen LogP contribution in [0.15, 0.2) is 0 Å². The first-order valence-electron chi connectivity index (χ1n) is 11.1. The molecule has 6 nitrogen and oxygen atoms in total. The molecule has 2 unspecified atom stereocenters. The van der Waals surface area contributed by atoms with Gasteiger partial charge in [-0.2, -0.15) is 5.26 Å². The largest absolute Gasteiger partial charge is 0.369 e. The second kappa shape index (κ2) is 9.73. The molecule has 3 N–H and O–H groups in total. The summed E-state index contributed by atoms with van der Waals surface area (Å²) in [7, 11) is 0. The minimum atomic E-state index is -0.784. The minimum absolute atomic E-state index is 0.0817. The summed E-state index contributed by atoms with van der Waals surface area (Å²) in [5.74, 6) is 0.235. The lowest BCUT2D eigenvalue weighted by Gasteiger charge is -2.44. The summed E-state index contributed by atoms with van der Waals surface area (Å²) in [4.78, 5) is 26.6. The number of likely N-dealkylation sites (tertiary alicyclic amines) is 1. The number of primary amides is 1. The van der Waals surface area contributed by atoms with E-state index in [9.17, 15) is 14.9 Å². The maximum absolute atomic E-state index is 12.5. The highest BCUT2D eigenvalue weighted by molar-refractivity contribution is 5.85. The normalized spacial score (nSPS) is 29.0. The lowest BCUT2D eigenvalue weighted by Crippen LogP contribution is -2.58. The molecule has 1 saturated heterocycles. The lowest BCUT2D eigenvalue weighted by atomic mass is 9.80. The number of nitrogens with one attached hydrogen (secondary N) is 1. The summed E-state index contributed by atoms with van der Waals surface area (Å²) < 4.78 is 0. The quantitative estimate of drug-likeness (QED) is 0.732. The molecule has 3 rings (SSSR count). The third-order valence-electron chi connectivity index (χ3n) is 7.15. The van der Waals surface area contributed by atoms with Crippen molar-refractivity contribution >= 4 is 11.8 Å². The molecule has 0 aromatic rings. The highest BCUT2D eigenvalue weighted by Gasteiger charge is 2.41. The second-order valence-electron chi connectivity index (χ2n) is 9.02. The molecule has 2 amide bonds. The van der Waals surface area contributed by atoms with Crippen LogP contribution in [0.25, 0.3) is 0 Å². The monoisotopic (exact) mass is 387 g/mol. The van der Waals surface area contributed by atoms with Gasteiger partial charge in [0.15, 0.2) is 0 Å². The van der Waals surface area contributed by atoms with Crippen LogP contribution in [-0.2, 0) is 9.59 Å². The van der Waals surface area contributed by atoms with E-state index in [-0.39, 0.29) is 23.8 Å². The number of hydrogen-bond donors (Lipinski definition) is 2. The number of nitrogens with two attached hydrogens (primary N) is 1.